The highest BCUT2D eigenvalue weighted by Gasteiger charge is 2.61. The van der Waals surface area contributed by atoms with Crippen molar-refractivity contribution in [3.05, 3.63) is 63.9 Å². The van der Waals surface area contributed by atoms with Crippen LogP contribution in [0.4, 0.5) is 0 Å². The van der Waals surface area contributed by atoms with Gasteiger partial charge in [0.25, 0.3) is 11.8 Å². The first-order valence-corrected chi connectivity index (χ1v) is 10.9. The van der Waals surface area contributed by atoms with Gasteiger partial charge < -0.3 is 24.8 Å². The summed E-state index contributed by atoms with van der Waals surface area (Å²) < 4.78 is 18.2. The number of benzene rings is 1. The van der Waals surface area contributed by atoms with E-state index in [9.17, 15) is 9.59 Å². The Kier molecular flexibility index (Phi) is 6.42. The van der Waals surface area contributed by atoms with Crippen molar-refractivity contribution in [2.24, 2.45) is 0 Å². The van der Waals surface area contributed by atoms with Crippen LogP contribution in [0.1, 0.15) is 34.6 Å². The third-order valence-electron chi connectivity index (χ3n) is 5.39. The summed E-state index contributed by atoms with van der Waals surface area (Å²) in [4.78, 5) is 29.0. The number of hydrogen-bond acceptors (Lipinski definition) is 6. The zero-order chi connectivity index (χ0) is 22.9. The van der Waals surface area contributed by atoms with Crippen molar-refractivity contribution < 1.29 is 23.8 Å². The second kappa shape index (κ2) is 8.96. The lowest BCUT2D eigenvalue weighted by Gasteiger charge is -2.27. The van der Waals surface area contributed by atoms with E-state index in [0.29, 0.717) is 5.56 Å². The van der Waals surface area contributed by atoms with Gasteiger partial charge in [0.1, 0.15) is 23.0 Å². The van der Waals surface area contributed by atoms with Gasteiger partial charge in [-0.3, -0.25) is 9.59 Å². The standard InChI is InChI=1S/C22H23Cl2N3O5/c1-21(2)31-17-15(10-26-20(29)16-14(23)8-9-25-18(16)24)30-12-22(17,32-21)11-27-19(28)13-6-4-3-5-7-13/h3-9,15,17H,10-12H2,1-2H3,(H,26,29)(H,27,28)/t15-,17-,22+/m1/s1. The molecule has 0 unspecified atom stereocenters. The van der Waals surface area contributed by atoms with E-state index in [4.69, 9.17) is 37.4 Å². The molecule has 0 saturated carbocycles. The molecule has 8 nitrogen and oxygen atoms in total. The van der Waals surface area contributed by atoms with Crippen LogP contribution < -0.4 is 10.6 Å². The first-order valence-electron chi connectivity index (χ1n) is 10.1. The Labute approximate surface area is 195 Å². The van der Waals surface area contributed by atoms with E-state index < -0.39 is 29.5 Å². The summed E-state index contributed by atoms with van der Waals surface area (Å²) in [6.45, 7) is 4.14. The van der Waals surface area contributed by atoms with E-state index >= 15 is 0 Å². The molecule has 2 aliphatic rings. The molecular formula is C22H23Cl2N3O5. The van der Waals surface area contributed by atoms with Crippen molar-refractivity contribution in [1.29, 1.82) is 0 Å². The number of amides is 2. The highest BCUT2D eigenvalue weighted by Crippen LogP contribution is 2.43. The van der Waals surface area contributed by atoms with Gasteiger partial charge in [0.15, 0.2) is 5.79 Å². The fraction of sp³-hybridized carbons (Fsp3) is 0.409. The summed E-state index contributed by atoms with van der Waals surface area (Å²) >= 11 is 12.1. The van der Waals surface area contributed by atoms with Crippen molar-refractivity contribution in [2.75, 3.05) is 19.7 Å². The normalized spacial score (nSPS) is 25.9. The Morgan fingerprint density at radius 1 is 1.12 bits per heavy atom. The number of carbonyl (C=O) groups is 2. The van der Waals surface area contributed by atoms with Crippen LogP contribution in [-0.4, -0.2) is 60.1 Å². The SMILES string of the molecule is CC1(C)O[C@@H]2[C@@H](CNC(=O)c3c(Cl)ccnc3Cl)OC[C@]2(CNC(=O)c2ccccc2)O1. The quantitative estimate of drug-likeness (QED) is 0.618. The number of aromatic nitrogens is 1. The minimum absolute atomic E-state index is 0.0156. The van der Waals surface area contributed by atoms with Gasteiger partial charge in [0.2, 0.25) is 0 Å². The molecule has 170 valence electrons. The van der Waals surface area contributed by atoms with Gasteiger partial charge >= 0.3 is 0 Å². The highest BCUT2D eigenvalue weighted by atomic mass is 35.5. The molecule has 10 heteroatoms. The summed E-state index contributed by atoms with van der Waals surface area (Å²) in [5.74, 6) is -1.56. The van der Waals surface area contributed by atoms with Gasteiger partial charge in [0, 0.05) is 18.3 Å². The van der Waals surface area contributed by atoms with Gasteiger partial charge in [-0.05, 0) is 32.0 Å². The summed E-state index contributed by atoms with van der Waals surface area (Å²) in [6.07, 6.45) is 0.420. The fourth-order valence-electron chi connectivity index (χ4n) is 4.02. The Morgan fingerprint density at radius 2 is 1.88 bits per heavy atom. The van der Waals surface area contributed by atoms with Crippen molar-refractivity contribution in [2.45, 2.75) is 37.4 Å². The van der Waals surface area contributed by atoms with Crippen LogP contribution in [-0.2, 0) is 14.2 Å². The van der Waals surface area contributed by atoms with Crippen molar-refractivity contribution in [3.63, 3.8) is 0 Å². The summed E-state index contributed by atoms with van der Waals surface area (Å²) in [5, 5.41) is 5.91. The van der Waals surface area contributed by atoms with Gasteiger partial charge in [-0.25, -0.2) is 4.98 Å². The van der Waals surface area contributed by atoms with Crippen LogP contribution in [0.15, 0.2) is 42.6 Å². The maximum Gasteiger partial charge on any atom is 0.256 e. The number of halogens is 2. The average Bonchev–Trinajstić information content (AvgIpc) is 3.21. The van der Waals surface area contributed by atoms with E-state index in [1.807, 2.05) is 6.07 Å². The van der Waals surface area contributed by atoms with Gasteiger partial charge in [-0.1, -0.05) is 41.4 Å². The molecule has 1 aromatic carbocycles. The predicted molar refractivity (Wildman–Crippen MR) is 118 cm³/mol. The van der Waals surface area contributed by atoms with E-state index in [-0.39, 0.29) is 41.3 Å². The van der Waals surface area contributed by atoms with Crippen LogP contribution in [0, 0.1) is 0 Å². The Balaban J connectivity index is 1.43. The zero-order valence-electron chi connectivity index (χ0n) is 17.6. The van der Waals surface area contributed by atoms with Crippen molar-refractivity contribution in [1.82, 2.24) is 15.6 Å². The monoisotopic (exact) mass is 479 g/mol. The lowest BCUT2D eigenvalue weighted by atomic mass is 9.96. The third-order valence-corrected chi connectivity index (χ3v) is 5.99. The number of hydrogen-bond donors (Lipinski definition) is 2. The number of pyridine rings is 1. The Hall–Kier alpha value is -2.23. The number of ether oxygens (including phenoxy) is 3. The smallest absolute Gasteiger partial charge is 0.256 e. The molecule has 3 atom stereocenters. The number of nitrogens with one attached hydrogen (secondary N) is 2. The molecule has 2 fully saturated rings. The molecule has 4 rings (SSSR count). The van der Waals surface area contributed by atoms with Gasteiger partial charge in [-0.15, -0.1) is 0 Å². The summed E-state index contributed by atoms with van der Waals surface area (Å²) in [6, 6.07) is 10.4. The molecule has 0 aliphatic carbocycles. The van der Waals surface area contributed by atoms with E-state index in [1.165, 1.54) is 12.3 Å². The van der Waals surface area contributed by atoms with E-state index in [1.54, 1.807) is 38.1 Å². The van der Waals surface area contributed by atoms with Crippen LogP contribution in [0.25, 0.3) is 0 Å². The van der Waals surface area contributed by atoms with E-state index in [2.05, 4.69) is 15.6 Å². The minimum Gasteiger partial charge on any atom is -0.370 e. The molecular weight excluding hydrogens is 457 g/mol. The van der Waals surface area contributed by atoms with Gasteiger partial charge in [-0.2, -0.15) is 0 Å². The molecule has 2 N–H and O–H groups in total. The highest BCUT2D eigenvalue weighted by molar-refractivity contribution is 6.38. The van der Waals surface area contributed by atoms with Crippen LogP contribution >= 0.6 is 23.2 Å². The molecule has 3 heterocycles. The first kappa shape index (κ1) is 22.9. The Bertz CT molecular complexity index is 1000. The molecule has 2 aromatic rings. The molecule has 32 heavy (non-hydrogen) atoms. The lowest BCUT2D eigenvalue weighted by Crippen LogP contribution is -2.52. The van der Waals surface area contributed by atoms with E-state index in [0.717, 1.165) is 0 Å². The van der Waals surface area contributed by atoms with Crippen molar-refractivity contribution >= 4 is 35.0 Å². The zero-order valence-corrected chi connectivity index (χ0v) is 19.1. The molecule has 2 saturated heterocycles. The minimum atomic E-state index is -0.882. The van der Waals surface area contributed by atoms with Crippen LogP contribution in [0.5, 0.6) is 0 Å². The topological polar surface area (TPSA) is 98.8 Å². The number of carbonyl (C=O) groups excluding carboxylic acids is 2. The van der Waals surface area contributed by atoms with Gasteiger partial charge in [0.05, 0.1) is 23.7 Å². The number of rotatable bonds is 6. The maximum absolute atomic E-state index is 12.6. The van der Waals surface area contributed by atoms with Crippen LogP contribution in [0.3, 0.4) is 0 Å². The average molecular weight is 480 g/mol. The largest absolute Gasteiger partial charge is 0.370 e. The number of nitrogens with zero attached hydrogens (tertiary/aromatic N) is 1. The summed E-state index contributed by atoms with van der Waals surface area (Å²) in [7, 11) is 0. The molecule has 1 aromatic heterocycles. The molecule has 2 amide bonds. The van der Waals surface area contributed by atoms with Crippen molar-refractivity contribution in [3.8, 4) is 0 Å². The maximum atomic E-state index is 12.6. The number of fused-ring (bicyclic) bond motifs is 1. The Morgan fingerprint density at radius 3 is 2.59 bits per heavy atom. The third kappa shape index (κ3) is 4.60. The molecule has 0 bridgehead atoms. The summed E-state index contributed by atoms with van der Waals surface area (Å²) in [5.41, 5.74) is -0.238. The molecule has 2 aliphatic heterocycles. The predicted octanol–water partition coefficient (Wildman–Crippen LogP) is 2.84. The second-order valence-corrected chi connectivity index (χ2v) is 8.94. The fourth-order valence-corrected chi connectivity index (χ4v) is 4.54. The molecule has 0 radical (unpaired) electrons. The lowest BCUT2D eigenvalue weighted by molar-refractivity contribution is -0.188. The van der Waals surface area contributed by atoms with Crippen LogP contribution in [0.2, 0.25) is 10.2 Å². The molecule has 0 spiro atoms. The second-order valence-electron chi connectivity index (χ2n) is 8.17. The first-order chi connectivity index (χ1) is 15.2.